The van der Waals surface area contributed by atoms with Gasteiger partial charge in [0.2, 0.25) is 0 Å². The molecule has 0 aliphatic carbocycles. The van der Waals surface area contributed by atoms with Gasteiger partial charge in [0.05, 0.1) is 10.7 Å². The van der Waals surface area contributed by atoms with Crippen molar-refractivity contribution < 1.29 is 13.0 Å². The van der Waals surface area contributed by atoms with E-state index in [1.54, 1.807) is 6.92 Å². The minimum atomic E-state index is -4.33. The molecular weight excluding hydrogens is 294 g/mol. The van der Waals surface area contributed by atoms with Crippen LogP contribution in [0.3, 0.4) is 0 Å². The summed E-state index contributed by atoms with van der Waals surface area (Å²) in [6, 6.07) is 1.25. The zero-order chi connectivity index (χ0) is 11.1. The van der Waals surface area contributed by atoms with E-state index in [-0.39, 0.29) is 15.6 Å². The van der Waals surface area contributed by atoms with Gasteiger partial charge in [-0.3, -0.25) is 4.55 Å². The van der Waals surface area contributed by atoms with Gasteiger partial charge < -0.3 is 5.73 Å². The summed E-state index contributed by atoms with van der Waals surface area (Å²) in [5, 5.41) is 0.0811. The molecule has 4 nitrogen and oxygen atoms in total. The fourth-order valence-electron chi connectivity index (χ4n) is 0.951. The molecule has 3 N–H and O–H groups in total. The van der Waals surface area contributed by atoms with Crippen LogP contribution >= 0.6 is 27.5 Å². The highest BCUT2D eigenvalue weighted by Gasteiger charge is 2.19. The smallest absolute Gasteiger partial charge is 0.296 e. The molecule has 14 heavy (non-hydrogen) atoms. The summed E-state index contributed by atoms with van der Waals surface area (Å²) in [5.41, 5.74) is 5.86. The van der Waals surface area contributed by atoms with Crippen molar-refractivity contribution in [3.63, 3.8) is 0 Å². The van der Waals surface area contributed by atoms with E-state index in [0.29, 0.717) is 10.0 Å². The average molecular weight is 301 g/mol. The van der Waals surface area contributed by atoms with E-state index in [9.17, 15) is 8.42 Å². The zero-order valence-electron chi connectivity index (χ0n) is 7.08. The Morgan fingerprint density at radius 2 is 2.07 bits per heavy atom. The minimum absolute atomic E-state index is 0.0811. The van der Waals surface area contributed by atoms with Crippen LogP contribution in [0.1, 0.15) is 5.56 Å². The Morgan fingerprint density at radius 1 is 1.57 bits per heavy atom. The van der Waals surface area contributed by atoms with Crippen molar-refractivity contribution in [1.29, 1.82) is 0 Å². The maximum absolute atomic E-state index is 10.9. The lowest BCUT2D eigenvalue weighted by molar-refractivity contribution is 0.483. The van der Waals surface area contributed by atoms with Crippen LogP contribution in [0.2, 0.25) is 5.02 Å². The molecule has 0 aliphatic rings. The van der Waals surface area contributed by atoms with Gasteiger partial charge in [0, 0.05) is 4.47 Å². The second-order valence-corrected chi connectivity index (χ2v) is 5.27. The van der Waals surface area contributed by atoms with Crippen LogP contribution in [0.15, 0.2) is 15.4 Å². The van der Waals surface area contributed by atoms with Gasteiger partial charge in [-0.05, 0) is 34.5 Å². The van der Waals surface area contributed by atoms with E-state index in [4.69, 9.17) is 21.9 Å². The van der Waals surface area contributed by atoms with Gasteiger partial charge in [0.1, 0.15) is 4.90 Å². The first-order valence-electron chi connectivity index (χ1n) is 3.46. The van der Waals surface area contributed by atoms with E-state index in [1.165, 1.54) is 6.07 Å². The average Bonchev–Trinajstić information content (AvgIpc) is 2.06. The highest BCUT2D eigenvalue weighted by molar-refractivity contribution is 9.10. The summed E-state index contributed by atoms with van der Waals surface area (Å²) < 4.78 is 31.1. The number of hydrogen-bond donors (Lipinski definition) is 2. The summed E-state index contributed by atoms with van der Waals surface area (Å²) >= 11 is 8.89. The van der Waals surface area contributed by atoms with Gasteiger partial charge >= 0.3 is 0 Å². The Labute approximate surface area is 94.9 Å². The molecule has 0 saturated carbocycles. The molecule has 1 aromatic rings. The summed E-state index contributed by atoms with van der Waals surface area (Å²) in [5.74, 6) is 0. The lowest BCUT2D eigenvalue weighted by Crippen LogP contribution is -2.04. The van der Waals surface area contributed by atoms with E-state index in [1.807, 2.05) is 0 Å². The monoisotopic (exact) mass is 299 g/mol. The Bertz CT molecular complexity index is 486. The standard InChI is InChI=1S/C7H7BrClNO3S/c1-3-2-4(14(11,12)13)7(10)6(9)5(3)8/h2H,10H2,1H3,(H,11,12,13). The third kappa shape index (κ3) is 2.03. The molecule has 0 bridgehead atoms. The number of halogens is 2. The first-order valence-corrected chi connectivity index (χ1v) is 6.08. The van der Waals surface area contributed by atoms with Gasteiger partial charge in [-0.15, -0.1) is 0 Å². The lowest BCUT2D eigenvalue weighted by atomic mass is 10.2. The fourth-order valence-corrected chi connectivity index (χ4v) is 2.29. The van der Waals surface area contributed by atoms with Crippen molar-refractivity contribution in [1.82, 2.24) is 0 Å². The summed E-state index contributed by atoms with van der Waals surface area (Å²) in [6.45, 7) is 1.64. The molecule has 1 aromatic carbocycles. The number of aryl methyl sites for hydroxylation is 1. The van der Waals surface area contributed by atoms with E-state index < -0.39 is 10.1 Å². The Kier molecular flexibility index (Phi) is 3.10. The lowest BCUT2D eigenvalue weighted by Gasteiger charge is -2.08. The molecule has 7 heteroatoms. The molecule has 0 atom stereocenters. The zero-order valence-corrected chi connectivity index (χ0v) is 10.2. The largest absolute Gasteiger partial charge is 0.396 e. The molecule has 0 spiro atoms. The molecule has 0 amide bonds. The highest BCUT2D eigenvalue weighted by Crippen LogP contribution is 2.35. The van der Waals surface area contributed by atoms with Crippen LogP contribution in [0.25, 0.3) is 0 Å². The maximum atomic E-state index is 10.9. The molecule has 0 fully saturated rings. The Hall–Kier alpha value is -0.300. The van der Waals surface area contributed by atoms with Crippen molar-refractivity contribution in [2.24, 2.45) is 0 Å². The Morgan fingerprint density at radius 3 is 2.50 bits per heavy atom. The quantitative estimate of drug-likeness (QED) is 0.615. The molecule has 0 aromatic heterocycles. The molecule has 0 unspecified atom stereocenters. The minimum Gasteiger partial charge on any atom is -0.396 e. The van der Waals surface area contributed by atoms with Crippen molar-refractivity contribution in [2.45, 2.75) is 11.8 Å². The van der Waals surface area contributed by atoms with Gasteiger partial charge in [0.25, 0.3) is 10.1 Å². The number of nitrogen functional groups attached to an aromatic ring is 1. The molecule has 0 aliphatic heterocycles. The van der Waals surface area contributed by atoms with Crippen LogP contribution in [-0.2, 0) is 10.1 Å². The second kappa shape index (κ2) is 3.69. The first kappa shape index (κ1) is 11.8. The van der Waals surface area contributed by atoms with Gasteiger partial charge in [-0.2, -0.15) is 8.42 Å². The van der Waals surface area contributed by atoms with Crippen LogP contribution in [0, 0.1) is 6.92 Å². The second-order valence-electron chi connectivity index (χ2n) is 2.71. The molecule has 0 heterocycles. The SMILES string of the molecule is Cc1cc(S(=O)(=O)O)c(N)c(Cl)c1Br. The molecule has 1 rings (SSSR count). The van der Waals surface area contributed by atoms with Crippen molar-refractivity contribution >= 4 is 43.3 Å². The predicted octanol–water partition coefficient (Wildman–Crippen LogP) is 2.24. The van der Waals surface area contributed by atoms with Crippen LogP contribution in [-0.4, -0.2) is 13.0 Å². The number of anilines is 1. The predicted molar refractivity (Wildman–Crippen MR) is 58.1 cm³/mol. The van der Waals surface area contributed by atoms with Crippen molar-refractivity contribution in [3.05, 3.63) is 21.1 Å². The Balaban J connectivity index is 3.66. The van der Waals surface area contributed by atoms with Gasteiger partial charge in [-0.25, -0.2) is 0 Å². The van der Waals surface area contributed by atoms with Gasteiger partial charge in [0.15, 0.2) is 0 Å². The maximum Gasteiger partial charge on any atom is 0.296 e. The first-order chi connectivity index (χ1) is 6.25. The fraction of sp³-hybridized carbons (Fsp3) is 0.143. The highest BCUT2D eigenvalue weighted by atomic mass is 79.9. The number of nitrogens with two attached hydrogens (primary N) is 1. The third-order valence-corrected chi connectivity index (χ3v) is 4.20. The summed E-state index contributed by atoms with van der Waals surface area (Å²) in [7, 11) is -4.33. The molecule has 0 saturated heterocycles. The normalized spacial score (nSPS) is 11.7. The molecule has 0 radical (unpaired) electrons. The molecular formula is C7H7BrClNO3S. The van der Waals surface area contributed by atoms with Crippen molar-refractivity contribution in [2.75, 3.05) is 5.73 Å². The van der Waals surface area contributed by atoms with Crippen LogP contribution < -0.4 is 5.73 Å². The third-order valence-electron chi connectivity index (χ3n) is 1.67. The van der Waals surface area contributed by atoms with E-state index in [0.717, 1.165) is 0 Å². The summed E-state index contributed by atoms with van der Waals surface area (Å²) in [4.78, 5) is -0.372. The van der Waals surface area contributed by atoms with Crippen LogP contribution in [0.5, 0.6) is 0 Å². The van der Waals surface area contributed by atoms with Crippen LogP contribution in [0.4, 0.5) is 5.69 Å². The topological polar surface area (TPSA) is 80.4 Å². The van der Waals surface area contributed by atoms with Crippen molar-refractivity contribution in [3.8, 4) is 0 Å². The number of hydrogen-bond acceptors (Lipinski definition) is 3. The number of benzene rings is 1. The summed E-state index contributed by atoms with van der Waals surface area (Å²) in [6.07, 6.45) is 0. The van der Waals surface area contributed by atoms with E-state index in [2.05, 4.69) is 15.9 Å². The van der Waals surface area contributed by atoms with E-state index >= 15 is 0 Å². The van der Waals surface area contributed by atoms with Gasteiger partial charge in [-0.1, -0.05) is 11.6 Å². The number of rotatable bonds is 1. The molecule has 78 valence electrons.